The molecule has 2 nitrogen and oxygen atoms in total. The Bertz CT molecular complexity index is 578. The number of piperidine rings is 1. The third-order valence-electron chi connectivity index (χ3n) is 4.44. The fourth-order valence-electron chi connectivity index (χ4n) is 3.28. The van der Waals surface area contributed by atoms with Crippen LogP contribution in [0.1, 0.15) is 42.5 Å². The third kappa shape index (κ3) is 3.52. The summed E-state index contributed by atoms with van der Waals surface area (Å²) in [4.78, 5) is 2.41. The zero-order chi connectivity index (χ0) is 15.4. The van der Waals surface area contributed by atoms with Crippen molar-refractivity contribution in [2.24, 2.45) is 0 Å². The minimum absolute atomic E-state index is 0.0139. The van der Waals surface area contributed by atoms with Gasteiger partial charge in [0.1, 0.15) is 0 Å². The van der Waals surface area contributed by atoms with Crippen molar-refractivity contribution in [1.82, 2.24) is 4.90 Å². The van der Waals surface area contributed by atoms with Gasteiger partial charge >= 0.3 is 0 Å². The third-order valence-corrected chi connectivity index (χ3v) is 4.69. The maximum absolute atomic E-state index is 11.0. The molecule has 2 atom stereocenters. The molecule has 0 aliphatic carbocycles. The Morgan fingerprint density at radius 1 is 0.818 bits per heavy atom. The molecule has 0 spiro atoms. The Morgan fingerprint density at radius 3 is 2.09 bits per heavy atom. The Morgan fingerprint density at radius 2 is 1.45 bits per heavy atom. The summed E-state index contributed by atoms with van der Waals surface area (Å²) in [6.45, 7) is 2.08. The highest BCUT2D eigenvalue weighted by molar-refractivity contribution is 6.30. The van der Waals surface area contributed by atoms with Crippen LogP contribution in [0.5, 0.6) is 0 Å². The van der Waals surface area contributed by atoms with Crippen molar-refractivity contribution in [3.8, 4) is 0 Å². The van der Waals surface area contributed by atoms with E-state index in [1.54, 1.807) is 0 Å². The molecule has 0 saturated carbocycles. The molecule has 0 bridgehead atoms. The van der Waals surface area contributed by atoms with E-state index in [0.29, 0.717) is 0 Å². The molecular weight excluding hydrogens is 294 g/mol. The molecule has 1 aliphatic rings. The molecular formula is C19H22ClNO. The average Bonchev–Trinajstić information content (AvgIpc) is 2.58. The van der Waals surface area contributed by atoms with E-state index in [4.69, 9.17) is 11.6 Å². The quantitative estimate of drug-likeness (QED) is 0.891. The van der Waals surface area contributed by atoms with Gasteiger partial charge in [-0.1, -0.05) is 60.5 Å². The second-order valence-corrected chi connectivity index (χ2v) is 6.38. The van der Waals surface area contributed by atoms with Crippen LogP contribution in [0, 0.1) is 0 Å². The number of benzene rings is 2. The monoisotopic (exact) mass is 315 g/mol. The van der Waals surface area contributed by atoms with Crippen molar-refractivity contribution in [1.29, 1.82) is 0 Å². The zero-order valence-corrected chi connectivity index (χ0v) is 13.4. The van der Waals surface area contributed by atoms with Crippen LogP contribution in [0.2, 0.25) is 5.02 Å². The molecule has 1 aliphatic heterocycles. The SMILES string of the molecule is O[C@H](c1ccccc1)[C@@H](c1ccc(Cl)cc1)N1CCCCC1. The van der Waals surface area contributed by atoms with Gasteiger partial charge in [-0.15, -0.1) is 0 Å². The van der Waals surface area contributed by atoms with Crippen LogP contribution < -0.4 is 0 Å². The van der Waals surface area contributed by atoms with Crippen LogP contribution in [0.15, 0.2) is 54.6 Å². The van der Waals surface area contributed by atoms with E-state index in [2.05, 4.69) is 4.90 Å². The molecule has 0 radical (unpaired) electrons. The van der Waals surface area contributed by atoms with Crippen LogP contribution in [-0.4, -0.2) is 23.1 Å². The normalized spacial score (nSPS) is 18.8. The van der Waals surface area contributed by atoms with Gasteiger partial charge in [0.2, 0.25) is 0 Å². The van der Waals surface area contributed by atoms with Gasteiger partial charge in [0.05, 0.1) is 12.1 Å². The van der Waals surface area contributed by atoms with E-state index < -0.39 is 6.10 Å². The maximum Gasteiger partial charge on any atom is 0.0986 e. The summed E-state index contributed by atoms with van der Waals surface area (Å²) in [7, 11) is 0. The first-order valence-electron chi connectivity index (χ1n) is 7.98. The van der Waals surface area contributed by atoms with Gasteiger partial charge in [0.15, 0.2) is 0 Å². The topological polar surface area (TPSA) is 23.5 Å². The lowest BCUT2D eigenvalue weighted by Gasteiger charge is -2.37. The van der Waals surface area contributed by atoms with E-state index in [1.165, 1.54) is 19.3 Å². The van der Waals surface area contributed by atoms with Crippen molar-refractivity contribution in [3.63, 3.8) is 0 Å². The van der Waals surface area contributed by atoms with Gasteiger partial charge in [-0.2, -0.15) is 0 Å². The number of aliphatic hydroxyl groups excluding tert-OH is 1. The second kappa shape index (κ2) is 7.28. The summed E-state index contributed by atoms with van der Waals surface area (Å²) < 4.78 is 0. The first-order valence-corrected chi connectivity index (χ1v) is 8.36. The number of nitrogens with zero attached hydrogens (tertiary/aromatic N) is 1. The Labute approximate surface area is 137 Å². The lowest BCUT2D eigenvalue weighted by molar-refractivity contribution is 0.0362. The summed E-state index contributed by atoms with van der Waals surface area (Å²) in [6.07, 6.45) is 3.16. The summed E-state index contributed by atoms with van der Waals surface area (Å²) in [5, 5.41) is 11.7. The smallest absolute Gasteiger partial charge is 0.0986 e. The fraction of sp³-hybridized carbons (Fsp3) is 0.368. The Kier molecular flexibility index (Phi) is 5.14. The molecule has 0 amide bonds. The van der Waals surface area contributed by atoms with E-state index in [0.717, 1.165) is 29.2 Å². The molecule has 116 valence electrons. The van der Waals surface area contributed by atoms with Crippen molar-refractivity contribution in [2.75, 3.05) is 13.1 Å². The van der Waals surface area contributed by atoms with Gasteiger partial charge in [-0.3, -0.25) is 4.90 Å². The van der Waals surface area contributed by atoms with Crippen molar-refractivity contribution in [3.05, 3.63) is 70.7 Å². The summed E-state index contributed by atoms with van der Waals surface area (Å²) >= 11 is 6.02. The van der Waals surface area contributed by atoms with Crippen LogP contribution >= 0.6 is 11.6 Å². The maximum atomic E-state index is 11.0. The molecule has 0 unspecified atom stereocenters. The van der Waals surface area contributed by atoms with Crippen LogP contribution in [-0.2, 0) is 0 Å². The molecule has 2 aromatic carbocycles. The molecule has 1 fully saturated rings. The first kappa shape index (κ1) is 15.5. The zero-order valence-electron chi connectivity index (χ0n) is 12.7. The number of halogens is 1. The average molecular weight is 316 g/mol. The first-order chi connectivity index (χ1) is 10.8. The molecule has 22 heavy (non-hydrogen) atoms. The largest absolute Gasteiger partial charge is 0.386 e. The van der Waals surface area contributed by atoms with Crippen LogP contribution in [0.25, 0.3) is 0 Å². The molecule has 1 saturated heterocycles. The highest BCUT2D eigenvalue weighted by Crippen LogP contribution is 2.36. The molecule has 3 heteroatoms. The summed E-state index contributed by atoms with van der Waals surface area (Å²) in [5.41, 5.74) is 2.09. The second-order valence-electron chi connectivity index (χ2n) is 5.95. The van der Waals surface area contributed by atoms with Crippen molar-refractivity contribution >= 4 is 11.6 Å². The molecule has 1 N–H and O–H groups in total. The van der Waals surface area contributed by atoms with Crippen molar-refractivity contribution < 1.29 is 5.11 Å². The predicted molar refractivity (Wildman–Crippen MR) is 91.0 cm³/mol. The van der Waals surface area contributed by atoms with E-state index in [-0.39, 0.29) is 6.04 Å². The minimum Gasteiger partial charge on any atom is -0.386 e. The van der Waals surface area contributed by atoms with Gasteiger partial charge < -0.3 is 5.11 Å². The molecule has 1 heterocycles. The number of rotatable bonds is 4. The molecule has 3 rings (SSSR count). The highest BCUT2D eigenvalue weighted by Gasteiger charge is 2.29. The van der Waals surface area contributed by atoms with Crippen molar-refractivity contribution in [2.45, 2.75) is 31.4 Å². The lowest BCUT2D eigenvalue weighted by atomic mass is 9.93. The number of hydrogen-bond acceptors (Lipinski definition) is 2. The lowest BCUT2D eigenvalue weighted by Crippen LogP contribution is -2.37. The minimum atomic E-state index is -0.527. The molecule has 0 aromatic heterocycles. The van der Waals surface area contributed by atoms with Gasteiger partial charge in [-0.25, -0.2) is 0 Å². The fourth-order valence-corrected chi connectivity index (χ4v) is 3.41. The molecule has 2 aromatic rings. The van der Waals surface area contributed by atoms with Crippen LogP contribution in [0.4, 0.5) is 0 Å². The van der Waals surface area contributed by atoms with E-state index >= 15 is 0 Å². The number of aliphatic hydroxyl groups is 1. The predicted octanol–water partition coefficient (Wildman–Crippen LogP) is 4.60. The van der Waals surface area contributed by atoms with E-state index in [1.807, 2.05) is 54.6 Å². The summed E-state index contributed by atoms with van der Waals surface area (Å²) in [6, 6.07) is 17.8. The van der Waals surface area contributed by atoms with Gasteiger partial charge in [-0.05, 0) is 49.2 Å². The number of hydrogen-bond donors (Lipinski definition) is 1. The highest BCUT2D eigenvalue weighted by atomic mass is 35.5. The van der Waals surface area contributed by atoms with Gasteiger partial charge in [0, 0.05) is 5.02 Å². The Balaban J connectivity index is 1.93. The standard InChI is InChI=1S/C19H22ClNO/c20-17-11-9-15(10-12-17)18(21-13-5-2-6-14-21)19(22)16-7-3-1-4-8-16/h1,3-4,7-12,18-19,22H,2,5-6,13-14H2/t18-,19-/m1/s1. The summed E-state index contributed by atoms with van der Waals surface area (Å²) in [5.74, 6) is 0. The van der Waals surface area contributed by atoms with Crippen LogP contribution in [0.3, 0.4) is 0 Å². The Hall–Kier alpha value is -1.35. The number of likely N-dealkylation sites (tertiary alicyclic amines) is 1. The van der Waals surface area contributed by atoms with Gasteiger partial charge in [0.25, 0.3) is 0 Å². The van der Waals surface area contributed by atoms with E-state index in [9.17, 15) is 5.11 Å².